The molecule has 0 fully saturated rings. The van der Waals surface area contributed by atoms with E-state index in [1.807, 2.05) is 56.7 Å². The first kappa shape index (κ1) is 18.1. The summed E-state index contributed by atoms with van der Waals surface area (Å²) in [5.41, 5.74) is 4.00. The molecule has 3 rings (SSSR count). The Bertz CT molecular complexity index is 923. The molecular formula is C19H21N5OS. The number of anilines is 1. The number of thioether (sulfide) groups is 1. The maximum atomic E-state index is 12.5. The van der Waals surface area contributed by atoms with E-state index in [1.165, 1.54) is 17.3 Å². The molecule has 0 saturated carbocycles. The zero-order valence-corrected chi connectivity index (χ0v) is 16.0. The average Bonchev–Trinajstić information content (AvgIpc) is 2.98. The molecule has 0 aliphatic carbocycles. The molecule has 0 saturated heterocycles. The molecule has 0 aliphatic rings. The lowest BCUT2D eigenvalue weighted by Gasteiger charge is -2.13. The number of amides is 1. The molecule has 7 heteroatoms. The summed E-state index contributed by atoms with van der Waals surface area (Å²) < 4.78 is 1.89. The molecule has 1 aromatic carbocycles. The summed E-state index contributed by atoms with van der Waals surface area (Å²) in [4.78, 5) is 16.6. The summed E-state index contributed by atoms with van der Waals surface area (Å²) >= 11 is 1.38. The first-order valence-electron chi connectivity index (χ1n) is 8.30. The van der Waals surface area contributed by atoms with E-state index >= 15 is 0 Å². The van der Waals surface area contributed by atoms with Gasteiger partial charge in [-0.15, -0.1) is 10.2 Å². The Hall–Kier alpha value is -2.67. The molecule has 0 aliphatic heterocycles. The minimum atomic E-state index is -0.302. The summed E-state index contributed by atoms with van der Waals surface area (Å²) in [6.07, 6.45) is 3.44. The number of benzene rings is 1. The molecule has 134 valence electrons. The van der Waals surface area contributed by atoms with Crippen molar-refractivity contribution in [3.05, 3.63) is 53.9 Å². The van der Waals surface area contributed by atoms with Crippen molar-refractivity contribution in [3.63, 3.8) is 0 Å². The topological polar surface area (TPSA) is 72.7 Å². The van der Waals surface area contributed by atoms with Gasteiger partial charge in [-0.3, -0.25) is 9.78 Å². The number of rotatable bonds is 5. The molecule has 1 amide bonds. The predicted octanol–water partition coefficient (Wildman–Crippen LogP) is 3.61. The molecule has 0 spiro atoms. The third-order valence-electron chi connectivity index (χ3n) is 4.06. The number of nitrogens with zero attached hydrogens (tertiary/aromatic N) is 4. The number of aromatic nitrogens is 4. The van der Waals surface area contributed by atoms with Gasteiger partial charge in [0.25, 0.3) is 0 Å². The number of nitrogens with one attached hydrogen (secondary N) is 1. The van der Waals surface area contributed by atoms with Crippen LogP contribution in [0.3, 0.4) is 0 Å². The van der Waals surface area contributed by atoms with Crippen LogP contribution in [0.2, 0.25) is 0 Å². The smallest absolute Gasteiger partial charge is 0.237 e. The van der Waals surface area contributed by atoms with Crippen LogP contribution in [0.1, 0.15) is 18.1 Å². The zero-order chi connectivity index (χ0) is 18.7. The van der Waals surface area contributed by atoms with Gasteiger partial charge in [-0.25, -0.2) is 0 Å². The Morgan fingerprint density at radius 2 is 1.88 bits per heavy atom. The van der Waals surface area contributed by atoms with E-state index in [4.69, 9.17) is 0 Å². The van der Waals surface area contributed by atoms with Crippen LogP contribution in [-0.4, -0.2) is 30.9 Å². The molecule has 2 heterocycles. The van der Waals surface area contributed by atoms with Gasteiger partial charge in [0.15, 0.2) is 11.0 Å². The Morgan fingerprint density at radius 3 is 2.58 bits per heavy atom. The molecule has 1 N–H and O–H groups in total. The second-order valence-electron chi connectivity index (χ2n) is 6.17. The summed E-state index contributed by atoms with van der Waals surface area (Å²) in [5, 5.41) is 11.8. The van der Waals surface area contributed by atoms with Crippen LogP contribution < -0.4 is 5.32 Å². The van der Waals surface area contributed by atoms with E-state index in [2.05, 4.69) is 26.6 Å². The molecule has 2 aromatic heterocycles. The molecule has 0 radical (unpaired) electrons. The first-order valence-corrected chi connectivity index (χ1v) is 9.18. The minimum absolute atomic E-state index is 0.0598. The van der Waals surface area contributed by atoms with Gasteiger partial charge in [0, 0.05) is 30.7 Å². The number of hydrogen-bond acceptors (Lipinski definition) is 5. The number of carbonyl (C=O) groups excluding carboxylic acids is 1. The van der Waals surface area contributed by atoms with Crippen LogP contribution in [0, 0.1) is 13.8 Å². The minimum Gasteiger partial charge on any atom is -0.325 e. The van der Waals surface area contributed by atoms with Gasteiger partial charge < -0.3 is 9.88 Å². The van der Waals surface area contributed by atoms with Gasteiger partial charge >= 0.3 is 0 Å². The largest absolute Gasteiger partial charge is 0.325 e. The normalized spacial score (nSPS) is 12.0. The Labute approximate surface area is 157 Å². The Kier molecular flexibility index (Phi) is 5.37. The molecule has 3 aromatic rings. The van der Waals surface area contributed by atoms with Gasteiger partial charge in [-0.05, 0) is 44.5 Å². The van der Waals surface area contributed by atoms with E-state index in [9.17, 15) is 4.79 Å². The van der Waals surface area contributed by atoms with E-state index in [-0.39, 0.29) is 11.2 Å². The van der Waals surface area contributed by atoms with Crippen LogP contribution in [0.4, 0.5) is 5.69 Å². The highest BCUT2D eigenvalue weighted by Gasteiger charge is 2.20. The second kappa shape index (κ2) is 7.70. The van der Waals surface area contributed by atoms with Crippen LogP contribution in [0.25, 0.3) is 11.4 Å². The molecular weight excluding hydrogens is 346 g/mol. The van der Waals surface area contributed by atoms with E-state index in [1.54, 1.807) is 12.4 Å². The number of aryl methyl sites for hydroxylation is 2. The van der Waals surface area contributed by atoms with Gasteiger partial charge in [-0.2, -0.15) is 0 Å². The van der Waals surface area contributed by atoms with Crippen LogP contribution in [-0.2, 0) is 11.8 Å². The van der Waals surface area contributed by atoms with E-state index < -0.39 is 0 Å². The average molecular weight is 367 g/mol. The maximum Gasteiger partial charge on any atom is 0.237 e. The lowest BCUT2D eigenvalue weighted by molar-refractivity contribution is -0.115. The molecule has 0 bridgehead atoms. The fourth-order valence-electron chi connectivity index (χ4n) is 2.57. The molecule has 26 heavy (non-hydrogen) atoms. The number of pyridine rings is 1. The summed E-state index contributed by atoms with van der Waals surface area (Å²) in [6, 6.07) is 9.74. The fourth-order valence-corrected chi connectivity index (χ4v) is 3.38. The zero-order valence-electron chi connectivity index (χ0n) is 15.2. The predicted molar refractivity (Wildman–Crippen MR) is 104 cm³/mol. The van der Waals surface area contributed by atoms with Gasteiger partial charge in [0.1, 0.15) is 0 Å². The third-order valence-corrected chi connectivity index (χ3v) is 5.20. The summed E-state index contributed by atoms with van der Waals surface area (Å²) in [6.45, 7) is 5.89. The highest BCUT2D eigenvalue weighted by atomic mass is 32.2. The molecule has 1 atom stereocenters. The molecule has 6 nitrogen and oxygen atoms in total. The van der Waals surface area contributed by atoms with Crippen molar-refractivity contribution in [3.8, 4) is 11.4 Å². The van der Waals surface area contributed by atoms with Gasteiger partial charge in [0.2, 0.25) is 5.91 Å². The summed E-state index contributed by atoms with van der Waals surface area (Å²) in [5.74, 6) is 0.687. The van der Waals surface area contributed by atoms with Crippen LogP contribution >= 0.6 is 11.8 Å². The van der Waals surface area contributed by atoms with Gasteiger partial charge in [0.05, 0.1) is 5.25 Å². The van der Waals surface area contributed by atoms with E-state index in [0.29, 0.717) is 5.16 Å². The lowest BCUT2D eigenvalue weighted by atomic mass is 10.1. The Balaban J connectivity index is 1.71. The number of carbonyl (C=O) groups is 1. The van der Waals surface area contributed by atoms with Crippen LogP contribution in [0.15, 0.2) is 47.9 Å². The quantitative estimate of drug-likeness (QED) is 0.698. The first-order chi connectivity index (χ1) is 12.5. The van der Waals surface area contributed by atoms with Crippen molar-refractivity contribution >= 4 is 23.4 Å². The van der Waals surface area contributed by atoms with Gasteiger partial charge in [-0.1, -0.05) is 29.5 Å². The second-order valence-corrected chi connectivity index (χ2v) is 7.48. The maximum absolute atomic E-state index is 12.5. The lowest BCUT2D eigenvalue weighted by Crippen LogP contribution is -2.23. The highest BCUT2D eigenvalue weighted by Crippen LogP contribution is 2.26. The monoisotopic (exact) mass is 367 g/mol. The van der Waals surface area contributed by atoms with E-state index in [0.717, 1.165) is 22.6 Å². The SMILES string of the molecule is Cc1ccc(NC(=O)[C@H](C)Sc2nnc(-c3ccncc3)n2C)c(C)c1. The fraction of sp³-hybridized carbons (Fsp3) is 0.263. The van der Waals surface area contributed by atoms with Crippen LogP contribution in [0.5, 0.6) is 0 Å². The Morgan fingerprint density at radius 1 is 1.15 bits per heavy atom. The number of hydrogen-bond donors (Lipinski definition) is 1. The highest BCUT2D eigenvalue weighted by molar-refractivity contribution is 8.00. The standard InChI is InChI=1S/C19H21N5OS/c1-12-5-6-16(13(2)11-12)21-18(25)14(3)26-19-23-22-17(24(19)4)15-7-9-20-10-8-15/h5-11,14H,1-4H3,(H,21,25)/t14-/m0/s1. The van der Waals surface area contributed by atoms with Crippen molar-refractivity contribution in [2.24, 2.45) is 7.05 Å². The van der Waals surface area contributed by atoms with Crippen molar-refractivity contribution in [2.75, 3.05) is 5.32 Å². The third kappa shape index (κ3) is 3.94. The summed E-state index contributed by atoms with van der Waals surface area (Å²) in [7, 11) is 1.90. The molecule has 0 unspecified atom stereocenters. The van der Waals surface area contributed by atoms with Crippen molar-refractivity contribution in [1.82, 2.24) is 19.7 Å². The van der Waals surface area contributed by atoms with Crippen molar-refractivity contribution in [2.45, 2.75) is 31.2 Å². The van der Waals surface area contributed by atoms with Crippen molar-refractivity contribution < 1.29 is 4.79 Å². The van der Waals surface area contributed by atoms with Crippen molar-refractivity contribution in [1.29, 1.82) is 0 Å².